The van der Waals surface area contributed by atoms with E-state index in [-0.39, 0.29) is 5.91 Å². The van der Waals surface area contributed by atoms with Gasteiger partial charge in [-0.3, -0.25) is 4.79 Å². The summed E-state index contributed by atoms with van der Waals surface area (Å²) in [5, 5.41) is 3.22. The Balaban J connectivity index is 2.03. The van der Waals surface area contributed by atoms with Gasteiger partial charge >= 0.3 is 0 Å². The SMILES string of the molecule is C=CCN(CCOC)C(=O)C1CNc2ccccc2O1. The molecule has 0 bridgehead atoms. The number of methoxy groups -OCH3 is 1. The maximum Gasteiger partial charge on any atom is 0.265 e. The van der Waals surface area contributed by atoms with E-state index in [1.165, 1.54) is 0 Å². The molecule has 0 radical (unpaired) electrons. The Hall–Kier alpha value is -2.01. The van der Waals surface area contributed by atoms with Crippen LogP contribution in [0.4, 0.5) is 5.69 Å². The second kappa shape index (κ2) is 6.96. The second-order valence-electron chi connectivity index (χ2n) is 4.55. The van der Waals surface area contributed by atoms with Crippen molar-refractivity contribution in [3.63, 3.8) is 0 Å². The molecule has 0 aliphatic carbocycles. The van der Waals surface area contributed by atoms with Crippen LogP contribution in [0, 0.1) is 0 Å². The van der Waals surface area contributed by atoms with Crippen LogP contribution in [0.25, 0.3) is 0 Å². The molecule has 1 unspecified atom stereocenters. The first-order valence-electron chi connectivity index (χ1n) is 6.64. The number of hydrogen-bond donors (Lipinski definition) is 1. The molecule has 1 aromatic carbocycles. The standard InChI is InChI=1S/C15H20N2O3/c1-3-8-17(9-10-19-2)15(18)14-11-16-12-6-4-5-7-13(12)20-14/h3-7,14,16H,1,8-11H2,2H3. The number of benzene rings is 1. The number of fused-ring (bicyclic) bond motifs is 1. The van der Waals surface area contributed by atoms with Crippen molar-refractivity contribution in [2.75, 3.05) is 38.7 Å². The van der Waals surface area contributed by atoms with Crippen molar-refractivity contribution in [3.8, 4) is 5.75 Å². The number of rotatable bonds is 6. The largest absolute Gasteiger partial charge is 0.477 e. The summed E-state index contributed by atoms with van der Waals surface area (Å²) in [6.45, 7) is 5.67. The fourth-order valence-corrected chi connectivity index (χ4v) is 2.10. The van der Waals surface area contributed by atoms with Crippen LogP contribution in [0.3, 0.4) is 0 Å². The Morgan fingerprint density at radius 2 is 2.40 bits per heavy atom. The van der Waals surface area contributed by atoms with Gasteiger partial charge in [-0.25, -0.2) is 0 Å². The van der Waals surface area contributed by atoms with Gasteiger partial charge in [0.1, 0.15) is 5.75 Å². The lowest BCUT2D eigenvalue weighted by atomic mass is 10.2. The van der Waals surface area contributed by atoms with Crippen LogP contribution < -0.4 is 10.1 Å². The van der Waals surface area contributed by atoms with Crippen molar-refractivity contribution in [2.24, 2.45) is 0 Å². The fourth-order valence-electron chi connectivity index (χ4n) is 2.10. The van der Waals surface area contributed by atoms with E-state index in [2.05, 4.69) is 11.9 Å². The summed E-state index contributed by atoms with van der Waals surface area (Å²) >= 11 is 0. The molecule has 0 saturated carbocycles. The first kappa shape index (κ1) is 14.4. The van der Waals surface area contributed by atoms with Crippen molar-refractivity contribution in [1.29, 1.82) is 0 Å². The highest BCUT2D eigenvalue weighted by atomic mass is 16.5. The average molecular weight is 276 g/mol. The molecule has 20 heavy (non-hydrogen) atoms. The summed E-state index contributed by atoms with van der Waals surface area (Å²) in [6.07, 6.45) is 1.19. The molecule has 1 heterocycles. The van der Waals surface area contributed by atoms with Gasteiger partial charge in [-0.2, -0.15) is 0 Å². The van der Waals surface area contributed by atoms with Crippen molar-refractivity contribution in [3.05, 3.63) is 36.9 Å². The van der Waals surface area contributed by atoms with Gasteiger partial charge in [0.25, 0.3) is 5.91 Å². The van der Waals surface area contributed by atoms with Crippen LogP contribution in [0.2, 0.25) is 0 Å². The molecule has 1 aromatic rings. The normalized spacial score (nSPS) is 16.6. The molecule has 0 fully saturated rings. The zero-order chi connectivity index (χ0) is 14.4. The molecular weight excluding hydrogens is 256 g/mol. The van der Waals surface area contributed by atoms with Gasteiger partial charge in [-0.05, 0) is 12.1 Å². The molecule has 108 valence electrons. The van der Waals surface area contributed by atoms with Gasteiger partial charge in [-0.1, -0.05) is 18.2 Å². The van der Waals surface area contributed by atoms with Crippen LogP contribution in [0.1, 0.15) is 0 Å². The van der Waals surface area contributed by atoms with Gasteiger partial charge in [0.2, 0.25) is 0 Å². The van der Waals surface area contributed by atoms with Crippen LogP contribution >= 0.6 is 0 Å². The van der Waals surface area contributed by atoms with Gasteiger partial charge in [0, 0.05) is 20.2 Å². The van der Waals surface area contributed by atoms with Gasteiger partial charge in [-0.15, -0.1) is 6.58 Å². The molecule has 0 saturated heterocycles. The van der Waals surface area contributed by atoms with E-state index in [1.54, 1.807) is 18.1 Å². The minimum absolute atomic E-state index is 0.0519. The van der Waals surface area contributed by atoms with E-state index in [4.69, 9.17) is 9.47 Å². The summed E-state index contributed by atoms with van der Waals surface area (Å²) in [6, 6.07) is 7.61. The smallest absolute Gasteiger partial charge is 0.265 e. The molecule has 1 N–H and O–H groups in total. The zero-order valence-corrected chi connectivity index (χ0v) is 11.7. The van der Waals surface area contributed by atoms with E-state index in [0.29, 0.717) is 32.0 Å². The fraction of sp³-hybridized carbons (Fsp3) is 0.400. The summed E-state index contributed by atoms with van der Waals surface area (Å²) in [7, 11) is 1.62. The molecule has 1 amide bonds. The van der Waals surface area contributed by atoms with Gasteiger partial charge < -0.3 is 19.7 Å². The van der Waals surface area contributed by atoms with E-state index in [1.807, 2.05) is 24.3 Å². The first-order valence-corrected chi connectivity index (χ1v) is 6.64. The number of carbonyl (C=O) groups is 1. The van der Waals surface area contributed by atoms with Crippen molar-refractivity contribution in [1.82, 2.24) is 4.90 Å². The number of carbonyl (C=O) groups excluding carboxylic acids is 1. The van der Waals surface area contributed by atoms with E-state index in [9.17, 15) is 4.79 Å². The number of ether oxygens (including phenoxy) is 2. The highest BCUT2D eigenvalue weighted by Gasteiger charge is 2.29. The maximum atomic E-state index is 12.5. The molecule has 5 nitrogen and oxygen atoms in total. The van der Waals surface area contributed by atoms with Crippen molar-refractivity contribution in [2.45, 2.75) is 6.10 Å². The highest BCUT2D eigenvalue weighted by Crippen LogP contribution is 2.28. The predicted octanol–water partition coefficient (Wildman–Crippen LogP) is 1.52. The van der Waals surface area contributed by atoms with Gasteiger partial charge in [0.15, 0.2) is 6.10 Å². The van der Waals surface area contributed by atoms with E-state index in [0.717, 1.165) is 5.69 Å². The number of para-hydroxylation sites is 2. The number of amides is 1. The van der Waals surface area contributed by atoms with Crippen LogP contribution in [0.5, 0.6) is 5.75 Å². The van der Waals surface area contributed by atoms with Gasteiger partial charge in [0.05, 0.1) is 18.8 Å². The minimum atomic E-state index is -0.512. The van der Waals surface area contributed by atoms with E-state index < -0.39 is 6.10 Å². The van der Waals surface area contributed by atoms with E-state index >= 15 is 0 Å². The Labute approximate surface area is 119 Å². The molecule has 1 aliphatic heterocycles. The lowest BCUT2D eigenvalue weighted by Gasteiger charge is -2.30. The number of anilines is 1. The molecular formula is C15H20N2O3. The first-order chi connectivity index (χ1) is 9.76. The predicted molar refractivity (Wildman–Crippen MR) is 78.0 cm³/mol. The number of hydrogen-bond acceptors (Lipinski definition) is 4. The highest BCUT2D eigenvalue weighted by molar-refractivity contribution is 5.83. The third-order valence-corrected chi connectivity index (χ3v) is 3.14. The van der Waals surface area contributed by atoms with Crippen LogP contribution in [-0.4, -0.2) is 50.3 Å². The molecule has 0 aromatic heterocycles. The van der Waals surface area contributed by atoms with Crippen molar-refractivity contribution >= 4 is 11.6 Å². The maximum absolute atomic E-state index is 12.5. The third-order valence-electron chi connectivity index (χ3n) is 3.14. The van der Waals surface area contributed by atoms with Crippen LogP contribution in [0.15, 0.2) is 36.9 Å². The molecule has 1 atom stereocenters. The minimum Gasteiger partial charge on any atom is -0.477 e. The summed E-state index contributed by atoms with van der Waals surface area (Å²) < 4.78 is 10.8. The molecule has 1 aliphatic rings. The topological polar surface area (TPSA) is 50.8 Å². The molecule has 2 rings (SSSR count). The third kappa shape index (κ3) is 3.30. The number of nitrogens with zero attached hydrogens (tertiary/aromatic N) is 1. The Morgan fingerprint density at radius 1 is 1.60 bits per heavy atom. The zero-order valence-electron chi connectivity index (χ0n) is 11.7. The molecule has 5 heteroatoms. The Kier molecular flexibility index (Phi) is 5.01. The summed E-state index contributed by atoms with van der Waals surface area (Å²) in [5.74, 6) is 0.659. The average Bonchev–Trinajstić information content (AvgIpc) is 2.50. The lowest BCUT2D eigenvalue weighted by Crippen LogP contribution is -2.48. The second-order valence-corrected chi connectivity index (χ2v) is 4.55. The Morgan fingerprint density at radius 3 is 3.15 bits per heavy atom. The summed E-state index contributed by atoms with van der Waals surface area (Å²) in [5.41, 5.74) is 0.920. The van der Waals surface area contributed by atoms with Crippen molar-refractivity contribution < 1.29 is 14.3 Å². The van der Waals surface area contributed by atoms with Crippen LogP contribution in [-0.2, 0) is 9.53 Å². The molecule has 0 spiro atoms. The Bertz CT molecular complexity index is 476. The number of nitrogens with one attached hydrogen (secondary N) is 1. The summed E-state index contributed by atoms with van der Waals surface area (Å²) in [4.78, 5) is 14.2. The lowest BCUT2D eigenvalue weighted by molar-refractivity contribution is -0.138. The monoisotopic (exact) mass is 276 g/mol. The quantitative estimate of drug-likeness (QED) is 0.800.